The number of ether oxygens (including phenoxy) is 1. The lowest BCUT2D eigenvalue weighted by Crippen LogP contribution is -2.28. The van der Waals surface area contributed by atoms with Crippen molar-refractivity contribution in [2.45, 2.75) is 45.2 Å². The second kappa shape index (κ2) is 9.84. The van der Waals surface area contributed by atoms with Crippen molar-refractivity contribution in [3.8, 4) is 5.75 Å². The third kappa shape index (κ3) is 6.83. The molecule has 32 heavy (non-hydrogen) atoms. The molecule has 2 aromatic rings. The Bertz CT molecular complexity index is 994. The molecule has 2 rings (SSSR count). The third-order valence-electron chi connectivity index (χ3n) is 4.73. The molecule has 6 nitrogen and oxygen atoms in total. The Labute approximate surface area is 184 Å². The maximum atomic E-state index is 12.5. The van der Waals surface area contributed by atoms with Gasteiger partial charge in [-0.3, -0.25) is 10.2 Å². The quantitative estimate of drug-likeness (QED) is 0.195. The average Bonchev–Trinajstić information content (AvgIpc) is 2.70. The van der Waals surface area contributed by atoms with E-state index in [4.69, 9.17) is 11.1 Å². The standard InChI is InChI=1S/C23H26F3N3O3/c1-22(2,3)17-9-6-14(7-10-17)20(30)29-12-4-5-15-13-16(19(27)28)8-11-18(15)32-21(31)23(24,25)26/h6-11,13H,4-5,12H2,1-3H3,(H3,27,28)(H,29,30). The number of halogens is 3. The topological polar surface area (TPSA) is 105 Å². The number of amides is 1. The second-order valence-corrected chi connectivity index (χ2v) is 8.31. The van der Waals surface area contributed by atoms with Crippen molar-refractivity contribution in [2.24, 2.45) is 5.73 Å². The molecule has 0 aliphatic carbocycles. The van der Waals surface area contributed by atoms with Crippen LogP contribution in [0, 0.1) is 5.41 Å². The SMILES string of the molecule is CC(C)(C)c1ccc(C(=O)NCCCc2cc(C(=N)N)ccc2OC(=O)C(F)(F)F)cc1. The third-order valence-corrected chi connectivity index (χ3v) is 4.73. The summed E-state index contributed by atoms with van der Waals surface area (Å²) < 4.78 is 42.1. The Morgan fingerprint density at radius 3 is 2.16 bits per heavy atom. The smallest absolute Gasteiger partial charge is 0.420 e. The highest BCUT2D eigenvalue weighted by Gasteiger charge is 2.41. The summed E-state index contributed by atoms with van der Waals surface area (Å²) in [7, 11) is 0. The number of hydrogen-bond donors (Lipinski definition) is 3. The number of rotatable bonds is 7. The van der Waals surface area contributed by atoms with E-state index in [1.807, 2.05) is 12.1 Å². The summed E-state index contributed by atoms with van der Waals surface area (Å²) in [4.78, 5) is 23.5. The maximum Gasteiger partial charge on any atom is 0.491 e. The summed E-state index contributed by atoms with van der Waals surface area (Å²) in [5, 5.41) is 10.3. The summed E-state index contributed by atoms with van der Waals surface area (Å²) >= 11 is 0. The van der Waals surface area contributed by atoms with Gasteiger partial charge >= 0.3 is 12.1 Å². The first kappa shape index (κ1) is 24.9. The monoisotopic (exact) mass is 449 g/mol. The van der Waals surface area contributed by atoms with Crippen LogP contribution in [0.3, 0.4) is 0 Å². The lowest BCUT2D eigenvalue weighted by atomic mass is 9.87. The number of alkyl halides is 3. The molecule has 0 aromatic heterocycles. The number of nitrogen functional groups attached to an aromatic ring is 1. The van der Waals surface area contributed by atoms with Crippen LogP contribution in [0.1, 0.15) is 54.2 Å². The largest absolute Gasteiger partial charge is 0.491 e. The highest BCUT2D eigenvalue weighted by atomic mass is 19.4. The van der Waals surface area contributed by atoms with Crippen molar-refractivity contribution in [1.29, 1.82) is 5.41 Å². The van der Waals surface area contributed by atoms with Crippen LogP contribution in [0.25, 0.3) is 0 Å². The van der Waals surface area contributed by atoms with Crippen LogP contribution in [0.5, 0.6) is 5.75 Å². The first-order valence-electron chi connectivity index (χ1n) is 9.94. The number of nitrogens with one attached hydrogen (secondary N) is 2. The van der Waals surface area contributed by atoms with E-state index < -0.39 is 12.1 Å². The summed E-state index contributed by atoms with van der Waals surface area (Å²) in [5.41, 5.74) is 7.56. The van der Waals surface area contributed by atoms with Crippen LogP contribution in [0.2, 0.25) is 0 Å². The molecule has 0 radical (unpaired) electrons. The minimum absolute atomic E-state index is 0.0311. The molecular formula is C23H26F3N3O3. The van der Waals surface area contributed by atoms with E-state index in [0.29, 0.717) is 12.0 Å². The van der Waals surface area contributed by atoms with Gasteiger partial charge in [0.25, 0.3) is 5.91 Å². The zero-order valence-electron chi connectivity index (χ0n) is 18.1. The Morgan fingerprint density at radius 1 is 1.03 bits per heavy atom. The summed E-state index contributed by atoms with van der Waals surface area (Å²) in [6.07, 6.45) is -4.57. The van der Waals surface area contributed by atoms with Crippen molar-refractivity contribution >= 4 is 17.7 Å². The zero-order chi connectivity index (χ0) is 24.1. The van der Waals surface area contributed by atoms with Gasteiger partial charge in [-0.1, -0.05) is 32.9 Å². The molecule has 0 heterocycles. The molecule has 0 unspecified atom stereocenters. The van der Waals surface area contributed by atoms with Crippen molar-refractivity contribution in [3.63, 3.8) is 0 Å². The van der Waals surface area contributed by atoms with Crippen molar-refractivity contribution in [2.75, 3.05) is 6.54 Å². The minimum Gasteiger partial charge on any atom is -0.420 e. The number of amidine groups is 1. The van der Waals surface area contributed by atoms with Crippen molar-refractivity contribution < 1.29 is 27.5 Å². The lowest BCUT2D eigenvalue weighted by molar-refractivity contribution is -0.189. The maximum absolute atomic E-state index is 12.5. The van der Waals surface area contributed by atoms with Gasteiger partial charge in [0, 0.05) is 17.7 Å². The molecule has 2 aromatic carbocycles. The number of nitrogens with two attached hydrogens (primary N) is 1. The van der Waals surface area contributed by atoms with Crippen molar-refractivity contribution in [1.82, 2.24) is 5.32 Å². The van der Waals surface area contributed by atoms with Gasteiger partial charge in [0.1, 0.15) is 11.6 Å². The first-order chi connectivity index (χ1) is 14.8. The highest BCUT2D eigenvalue weighted by Crippen LogP contribution is 2.26. The molecule has 0 aliphatic rings. The van der Waals surface area contributed by atoms with E-state index in [1.54, 1.807) is 12.1 Å². The van der Waals surface area contributed by atoms with E-state index >= 15 is 0 Å². The highest BCUT2D eigenvalue weighted by molar-refractivity contribution is 5.95. The fourth-order valence-electron chi connectivity index (χ4n) is 2.90. The van der Waals surface area contributed by atoms with Gasteiger partial charge in [0.2, 0.25) is 0 Å². The summed E-state index contributed by atoms with van der Waals surface area (Å²) in [6, 6.07) is 11.1. The number of carbonyl (C=O) groups excluding carboxylic acids is 2. The normalized spacial score (nSPS) is 11.7. The molecule has 0 fully saturated rings. The van der Waals surface area contributed by atoms with E-state index in [-0.39, 0.29) is 47.0 Å². The Morgan fingerprint density at radius 2 is 1.62 bits per heavy atom. The molecular weight excluding hydrogens is 423 g/mol. The van der Waals surface area contributed by atoms with E-state index in [9.17, 15) is 22.8 Å². The molecule has 0 atom stereocenters. The number of benzene rings is 2. The van der Waals surface area contributed by atoms with Gasteiger partial charge < -0.3 is 15.8 Å². The number of hydrogen-bond acceptors (Lipinski definition) is 4. The Kier molecular flexibility index (Phi) is 7.66. The molecule has 0 aliphatic heterocycles. The molecule has 0 spiro atoms. The van der Waals surface area contributed by atoms with Gasteiger partial charge in [-0.05, 0) is 59.7 Å². The van der Waals surface area contributed by atoms with Gasteiger partial charge in [-0.25, -0.2) is 4.79 Å². The summed E-state index contributed by atoms with van der Waals surface area (Å²) in [6.45, 7) is 6.47. The fraction of sp³-hybridized carbons (Fsp3) is 0.348. The average molecular weight is 449 g/mol. The zero-order valence-corrected chi connectivity index (χ0v) is 18.1. The Balaban J connectivity index is 2.01. The van der Waals surface area contributed by atoms with Crippen molar-refractivity contribution in [3.05, 3.63) is 64.7 Å². The molecule has 1 amide bonds. The van der Waals surface area contributed by atoms with Gasteiger partial charge in [-0.15, -0.1) is 0 Å². The van der Waals surface area contributed by atoms with Crippen LogP contribution in [-0.4, -0.2) is 30.4 Å². The van der Waals surface area contributed by atoms with Crippen LogP contribution in [0.15, 0.2) is 42.5 Å². The number of esters is 1. The fourth-order valence-corrected chi connectivity index (χ4v) is 2.90. The molecule has 0 bridgehead atoms. The van der Waals surface area contributed by atoms with Crippen LogP contribution < -0.4 is 15.8 Å². The molecule has 0 saturated heterocycles. The van der Waals surface area contributed by atoms with Gasteiger partial charge in [0.05, 0.1) is 0 Å². The van der Waals surface area contributed by atoms with Crippen LogP contribution in [0.4, 0.5) is 13.2 Å². The first-order valence-corrected chi connectivity index (χ1v) is 9.94. The number of aryl methyl sites for hydroxylation is 1. The van der Waals surface area contributed by atoms with E-state index in [1.165, 1.54) is 18.2 Å². The number of carbonyl (C=O) groups is 2. The van der Waals surface area contributed by atoms with Gasteiger partial charge in [0.15, 0.2) is 0 Å². The van der Waals surface area contributed by atoms with Crippen LogP contribution in [-0.2, 0) is 16.6 Å². The molecule has 0 saturated carbocycles. The van der Waals surface area contributed by atoms with Crippen LogP contribution >= 0.6 is 0 Å². The summed E-state index contributed by atoms with van der Waals surface area (Å²) in [5.74, 6) is -3.14. The molecule has 4 N–H and O–H groups in total. The minimum atomic E-state index is -5.13. The van der Waals surface area contributed by atoms with Gasteiger partial charge in [-0.2, -0.15) is 13.2 Å². The Hall–Kier alpha value is -3.36. The molecule has 9 heteroatoms. The predicted molar refractivity (Wildman–Crippen MR) is 115 cm³/mol. The molecule has 172 valence electrons. The lowest BCUT2D eigenvalue weighted by Gasteiger charge is -2.19. The van der Waals surface area contributed by atoms with E-state index in [0.717, 1.165) is 5.56 Å². The second-order valence-electron chi connectivity index (χ2n) is 8.31. The predicted octanol–water partition coefficient (Wildman–Crippen LogP) is 4.10. The van der Waals surface area contributed by atoms with E-state index in [2.05, 4.69) is 30.8 Å².